The molecule has 0 aromatic rings. The molecule has 0 amide bonds. The lowest BCUT2D eigenvalue weighted by Crippen LogP contribution is -2.34. The molecule has 0 aromatic heterocycles. The second-order valence-electron chi connectivity index (χ2n) is 11.3. The highest BCUT2D eigenvalue weighted by Gasteiger charge is 2.36. The van der Waals surface area contributed by atoms with E-state index in [1.165, 1.54) is 64.2 Å². The van der Waals surface area contributed by atoms with Gasteiger partial charge in [-0.3, -0.25) is 0 Å². The Kier molecular flexibility index (Phi) is 11.8. The Morgan fingerprint density at radius 3 is 1.89 bits per heavy atom. The summed E-state index contributed by atoms with van der Waals surface area (Å²) in [7, 11) is 1.55. The fourth-order valence-electron chi connectivity index (χ4n) is 6.86. The normalized spacial score (nSPS) is 29.5. The van der Waals surface area contributed by atoms with Crippen LogP contribution in [0.5, 0.6) is 0 Å². The molecular weight excluding hydrogens is 444 g/mol. The van der Waals surface area contributed by atoms with Crippen LogP contribution in [0.1, 0.15) is 77.0 Å². The number of aliphatic hydroxyl groups is 2. The van der Waals surface area contributed by atoms with E-state index in [1.807, 2.05) is 0 Å². The smallest absolute Gasteiger partial charge is 0.335 e. The molecular formula is C29H48O6. The molecule has 6 nitrogen and oxygen atoms in total. The van der Waals surface area contributed by atoms with Gasteiger partial charge in [0.05, 0.1) is 32.0 Å². The molecule has 3 rings (SSSR count). The van der Waals surface area contributed by atoms with Gasteiger partial charge in [0, 0.05) is 18.6 Å². The lowest BCUT2D eigenvalue weighted by Gasteiger charge is -2.40. The van der Waals surface area contributed by atoms with E-state index in [9.17, 15) is 9.90 Å². The maximum Gasteiger partial charge on any atom is 0.335 e. The van der Waals surface area contributed by atoms with Crippen LogP contribution in [0.3, 0.4) is 0 Å². The quantitative estimate of drug-likeness (QED) is 0.162. The van der Waals surface area contributed by atoms with E-state index in [1.54, 1.807) is 7.11 Å². The topological polar surface area (TPSA) is 85.2 Å². The van der Waals surface area contributed by atoms with Crippen LogP contribution in [0.25, 0.3) is 0 Å². The van der Waals surface area contributed by atoms with Crippen molar-refractivity contribution in [2.45, 2.75) is 83.3 Å². The maximum atomic E-state index is 12.1. The lowest BCUT2D eigenvalue weighted by molar-refractivity contribution is -0.145. The van der Waals surface area contributed by atoms with Crippen molar-refractivity contribution in [2.24, 2.45) is 35.5 Å². The molecule has 3 aliphatic carbocycles. The molecule has 2 N–H and O–H groups in total. The van der Waals surface area contributed by atoms with Crippen molar-refractivity contribution in [1.82, 2.24) is 0 Å². The third-order valence-corrected chi connectivity index (χ3v) is 9.09. The van der Waals surface area contributed by atoms with Crippen molar-refractivity contribution in [2.75, 3.05) is 33.5 Å². The number of hydrogen-bond donors (Lipinski definition) is 2. The first-order chi connectivity index (χ1) is 16.9. The van der Waals surface area contributed by atoms with Crippen molar-refractivity contribution in [3.05, 3.63) is 24.3 Å². The summed E-state index contributed by atoms with van der Waals surface area (Å²) in [5, 5.41) is 19.4. The number of methoxy groups -OCH3 is 1. The zero-order valence-electron chi connectivity index (χ0n) is 21.8. The van der Waals surface area contributed by atoms with E-state index in [-0.39, 0.29) is 31.3 Å². The van der Waals surface area contributed by atoms with Gasteiger partial charge in [-0.2, -0.15) is 0 Å². The van der Waals surface area contributed by atoms with E-state index in [2.05, 4.69) is 13.2 Å². The van der Waals surface area contributed by atoms with Crippen LogP contribution in [0.2, 0.25) is 0 Å². The molecule has 3 fully saturated rings. The van der Waals surface area contributed by atoms with E-state index in [0.29, 0.717) is 11.5 Å². The third-order valence-electron chi connectivity index (χ3n) is 9.09. The number of esters is 1. The van der Waals surface area contributed by atoms with Crippen LogP contribution in [0.15, 0.2) is 24.3 Å². The fraction of sp³-hybridized carbons (Fsp3) is 0.828. The molecule has 6 heteroatoms. The van der Waals surface area contributed by atoms with Gasteiger partial charge in [0.15, 0.2) is 6.29 Å². The van der Waals surface area contributed by atoms with Gasteiger partial charge in [0.1, 0.15) is 0 Å². The monoisotopic (exact) mass is 492 g/mol. The van der Waals surface area contributed by atoms with Crippen molar-refractivity contribution >= 4 is 5.97 Å². The molecule has 200 valence electrons. The number of carbonyl (C=O) groups is 1. The minimum absolute atomic E-state index is 0.0190. The molecule has 0 aromatic carbocycles. The standard InChI is InChI=1S/C29H48O6/c1-20(16-30)28(31)34-18-27(19-35-29(32)21(2)17-33-3)26-14-12-25(13-15-26)24-10-8-23(9-11-24)22-6-4-5-7-22/h22-27,29-30,32H,1-2,4-19H2,3H3. The van der Waals surface area contributed by atoms with E-state index in [4.69, 9.17) is 19.3 Å². The first-order valence-electron chi connectivity index (χ1n) is 13.8. The SMILES string of the molecule is C=C(CO)C(=O)OCC(COC(O)C(=C)COC)C1CCC(C2CCC(C3CCCC3)CC2)CC1. The van der Waals surface area contributed by atoms with Crippen LogP contribution in [0, 0.1) is 35.5 Å². The zero-order valence-corrected chi connectivity index (χ0v) is 21.8. The summed E-state index contributed by atoms with van der Waals surface area (Å²) in [5.41, 5.74) is 0.518. The van der Waals surface area contributed by atoms with Crippen LogP contribution in [0.4, 0.5) is 0 Å². The van der Waals surface area contributed by atoms with Crippen molar-refractivity contribution in [3.63, 3.8) is 0 Å². The largest absolute Gasteiger partial charge is 0.462 e. The summed E-state index contributed by atoms with van der Waals surface area (Å²) in [6, 6.07) is 0. The average Bonchev–Trinajstić information content (AvgIpc) is 3.43. The average molecular weight is 493 g/mol. The second kappa shape index (κ2) is 14.5. The summed E-state index contributed by atoms with van der Waals surface area (Å²) in [6.45, 7) is 7.66. The van der Waals surface area contributed by atoms with Crippen LogP contribution in [-0.2, 0) is 19.0 Å². The van der Waals surface area contributed by atoms with E-state index >= 15 is 0 Å². The third kappa shape index (κ3) is 8.41. The second-order valence-corrected chi connectivity index (χ2v) is 11.3. The minimum Gasteiger partial charge on any atom is -0.462 e. The van der Waals surface area contributed by atoms with Crippen LogP contribution < -0.4 is 0 Å². The fourth-order valence-corrected chi connectivity index (χ4v) is 6.86. The highest BCUT2D eigenvalue weighted by Crippen LogP contribution is 2.46. The Bertz CT molecular complexity index is 669. The van der Waals surface area contributed by atoms with Gasteiger partial charge < -0.3 is 24.4 Å². The molecule has 2 unspecified atom stereocenters. The molecule has 0 spiro atoms. The van der Waals surface area contributed by atoms with Crippen LogP contribution in [-0.4, -0.2) is 56.0 Å². The van der Waals surface area contributed by atoms with Gasteiger partial charge in [-0.05, 0) is 81.0 Å². The first kappa shape index (κ1) is 28.4. The van der Waals surface area contributed by atoms with Gasteiger partial charge in [0.25, 0.3) is 0 Å². The molecule has 2 atom stereocenters. The Labute approximate surface area is 212 Å². The maximum absolute atomic E-state index is 12.1. The highest BCUT2D eigenvalue weighted by atomic mass is 16.6. The number of rotatable bonds is 13. The predicted octanol–water partition coefficient (Wildman–Crippen LogP) is 5.03. The highest BCUT2D eigenvalue weighted by molar-refractivity contribution is 5.87. The molecule has 35 heavy (non-hydrogen) atoms. The van der Waals surface area contributed by atoms with Gasteiger partial charge in [0.2, 0.25) is 0 Å². The Balaban J connectivity index is 1.48. The van der Waals surface area contributed by atoms with Gasteiger partial charge in [-0.25, -0.2) is 4.79 Å². The molecule has 0 radical (unpaired) electrons. The summed E-state index contributed by atoms with van der Waals surface area (Å²) in [4.78, 5) is 12.1. The van der Waals surface area contributed by atoms with Crippen LogP contribution >= 0.6 is 0 Å². The number of hydrogen-bond acceptors (Lipinski definition) is 6. The van der Waals surface area contributed by atoms with Gasteiger partial charge >= 0.3 is 5.97 Å². The predicted molar refractivity (Wildman–Crippen MR) is 137 cm³/mol. The number of carbonyl (C=O) groups excluding carboxylic acids is 1. The first-order valence-corrected chi connectivity index (χ1v) is 13.8. The van der Waals surface area contributed by atoms with Crippen molar-refractivity contribution in [1.29, 1.82) is 0 Å². The molecule has 0 aliphatic heterocycles. The summed E-state index contributed by atoms with van der Waals surface area (Å²) >= 11 is 0. The zero-order chi connectivity index (χ0) is 25.2. The summed E-state index contributed by atoms with van der Waals surface area (Å²) < 4.78 is 16.2. The Hall–Kier alpha value is -1.21. The Morgan fingerprint density at radius 1 is 0.857 bits per heavy atom. The number of aliphatic hydroxyl groups excluding tert-OH is 2. The Morgan fingerprint density at radius 2 is 1.37 bits per heavy atom. The molecule has 3 aliphatic rings. The van der Waals surface area contributed by atoms with E-state index in [0.717, 1.165) is 36.5 Å². The number of ether oxygens (including phenoxy) is 3. The van der Waals surface area contributed by atoms with Crippen molar-refractivity contribution in [3.8, 4) is 0 Å². The summed E-state index contributed by atoms with van der Waals surface area (Å²) in [5.74, 6) is 3.44. The lowest BCUT2D eigenvalue weighted by atomic mass is 9.66. The van der Waals surface area contributed by atoms with Gasteiger partial charge in [-0.1, -0.05) is 38.8 Å². The van der Waals surface area contributed by atoms with Gasteiger partial charge in [-0.15, -0.1) is 0 Å². The summed E-state index contributed by atoms with van der Waals surface area (Å²) in [6.07, 6.45) is 15.0. The minimum atomic E-state index is -1.10. The molecule has 0 heterocycles. The van der Waals surface area contributed by atoms with E-state index < -0.39 is 18.9 Å². The molecule has 3 saturated carbocycles. The van der Waals surface area contributed by atoms with Crippen molar-refractivity contribution < 1.29 is 29.2 Å². The molecule has 0 saturated heterocycles. The molecule has 0 bridgehead atoms.